The monoisotopic (exact) mass is 226 g/mol. The largest absolute Gasteiger partial charge is 0.352 e. The van der Waals surface area contributed by atoms with Crippen LogP contribution in [0.4, 0.5) is 0 Å². The first-order valence-corrected chi connectivity index (χ1v) is 5.91. The second-order valence-electron chi connectivity index (χ2n) is 3.40. The second-order valence-corrected chi connectivity index (χ2v) is 4.17. The maximum Gasteiger partial charge on any atom is 0.239 e. The summed E-state index contributed by atoms with van der Waals surface area (Å²) in [4.78, 5) is 16.7. The van der Waals surface area contributed by atoms with Crippen molar-refractivity contribution in [2.75, 3.05) is 19.8 Å². The Morgan fingerprint density at radius 3 is 2.87 bits per heavy atom. The molecule has 0 radical (unpaired) electrons. The topological polar surface area (TPSA) is 68.5 Å². The number of thioether (sulfide) groups is 1. The van der Waals surface area contributed by atoms with Crippen molar-refractivity contribution >= 4 is 22.8 Å². The van der Waals surface area contributed by atoms with Crippen LogP contribution in [-0.4, -0.2) is 41.9 Å². The van der Waals surface area contributed by atoms with Crippen LogP contribution >= 0.6 is 11.8 Å². The van der Waals surface area contributed by atoms with Crippen molar-refractivity contribution in [1.82, 2.24) is 10.2 Å². The minimum absolute atomic E-state index is 0.0142. The Kier molecular flexibility index (Phi) is 4.43. The Bertz CT molecular complexity index is 306. The van der Waals surface area contributed by atoms with Gasteiger partial charge in [0.1, 0.15) is 0 Å². The van der Waals surface area contributed by atoms with Crippen molar-refractivity contribution in [2.24, 2.45) is 4.99 Å². The van der Waals surface area contributed by atoms with E-state index in [2.05, 4.69) is 10.3 Å². The first-order chi connectivity index (χ1) is 7.17. The first-order valence-electron chi connectivity index (χ1n) is 4.68. The minimum atomic E-state index is -0.0142. The fourth-order valence-corrected chi connectivity index (χ4v) is 1.62. The van der Waals surface area contributed by atoms with Crippen LogP contribution in [0.5, 0.6) is 0 Å². The molecule has 0 saturated heterocycles. The Labute approximate surface area is 93.5 Å². The molecule has 1 aliphatic carbocycles. The molecule has 1 fully saturated rings. The summed E-state index contributed by atoms with van der Waals surface area (Å²) in [5.41, 5.74) is 0. The number of carbonyl (C=O) groups excluding carboxylic acids is 1. The molecule has 0 aromatic rings. The molecular formula is C9H14N4OS. The molecule has 6 heteroatoms. The molecule has 0 spiro atoms. The fraction of sp³-hybridized carbons (Fsp3) is 0.667. The quantitative estimate of drug-likeness (QED) is 0.429. The van der Waals surface area contributed by atoms with Crippen molar-refractivity contribution in [3.05, 3.63) is 0 Å². The third kappa shape index (κ3) is 4.21. The lowest BCUT2D eigenvalue weighted by Gasteiger charge is -2.17. The van der Waals surface area contributed by atoms with Crippen LogP contribution in [0.25, 0.3) is 0 Å². The van der Waals surface area contributed by atoms with Gasteiger partial charge in [0.25, 0.3) is 0 Å². The van der Waals surface area contributed by atoms with Crippen LogP contribution in [0.3, 0.4) is 0 Å². The summed E-state index contributed by atoms with van der Waals surface area (Å²) in [7, 11) is 1.75. The average Bonchev–Trinajstić information content (AvgIpc) is 2.97. The van der Waals surface area contributed by atoms with Crippen LogP contribution in [0.15, 0.2) is 4.99 Å². The zero-order chi connectivity index (χ0) is 11.3. The minimum Gasteiger partial charge on any atom is -0.352 e. The number of nitrogens with one attached hydrogen (secondary N) is 1. The first kappa shape index (κ1) is 11.9. The number of likely N-dealkylation sites (N-methyl/N-ethyl adjacent to an activating group) is 1. The summed E-state index contributed by atoms with van der Waals surface area (Å²) in [5, 5.41) is 11.9. The van der Waals surface area contributed by atoms with Gasteiger partial charge in [0.05, 0.1) is 6.54 Å². The predicted octanol–water partition coefficient (Wildman–Crippen LogP) is 0.397. The second kappa shape index (κ2) is 5.61. The third-order valence-electron chi connectivity index (χ3n) is 1.98. The van der Waals surface area contributed by atoms with E-state index in [-0.39, 0.29) is 12.5 Å². The maximum absolute atomic E-state index is 11.4. The normalized spacial score (nSPS) is 15.7. The molecule has 82 valence electrons. The van der Waals surface area contributed by atoms with Crippen LogP contribution in [0, 0.1) is 11.5 Å². The third-order valence-corrected chi connectivity index (χ3v) is 2.75. The molecular weight excluding hydrogens is 212 g/mol. The van der Waals surface area contributed by atoms with E-state index in [9.17, 15) is 4.79 Å². The molecule has 5 nitrogen and oxygen atoms in total. The number of hydrogen-bond acceptors (Lipinski definition) is 4. The smallest absolute Gasteiger partial charge is 0.239 e. The molecule has 0 aliphatic heterocycles. The van der Waals surface area contributed by atoms with Gasteiger partial charge in [-0.25, -0.2) is 0 Å². The summed E-state index contributed by atoms with van der Waals surface area (Å²) in [6.07, 6.45) is 5.71. The van der Waals surface area contributed by atoms with Gasteiger partial charge in [0, 0.05) is 13.1 Å². The highest BCUT2D eigenvalue weighted by molar-refractivity contribution is 8.13. The van der Waals surface area contributed by atoms with Crippen LogP contribution in [0.2, 0.25) is 0 Å². The summed E-state index contributed by atoms with van der Waals surface area (Å²) >= 11 is 1.35. The molecule has 1 aliphatic rings. The molecule has 1 N–H and O–H groups in total. The molecule has 0 aromatic carbocycles. The van der Waals surface area contributed by atoms with E-state index in [0.29, 0.717) is 11.2 Å². The van der Waals surface area contributed by atoms with Gasteiger partial charge >= 0.3 is 0 Å². The van der Waals surface area contributed by atoms with Gasteiger partial charge in [-0.2, -0.15) is 5.26 Å². The van der Waals surface area contributed by atoms with Gasteiger partial charge in [0.15, 0.2) is 5.17 Å². The summed E-state index contributed by atoms with van der Waals surface area (Å²) in [5.74, 6) is -0.0142. The number of nitriles is 1. The van der Waals surface area contributed by atoms with Gasteiger partial charge in [-0.1, -0.05) is 11.8 Å². The van der Waals surface area contributed by atoms with Crippen molar-refractivity contribution in [3.8, 4) is 6.19 Å². The highest BCUT2D eigenvalue weighted by Crippen LogP contribution is 2.18. The Hall–Kier alpha value is -1.22. The number of carbonyl (C=O) groups is 1. The zero-order valence-electron chi connectivity index (χ0n) is 8.86. The van der Waals surface area contributed by atoms with E-state index in [1.807, 2.05) is 6.26 Å². The number of hydrogen-bond donors (Lipinski definition) is 1. The molecule has 0 bridgehead atoms. The van der Waals surface area contributed by atoms with E-state index < -0.39 is 0 Å². The van der Waals surface area contributed by atoms with Crippen molar-refractivity contribution < 1.29 is 4.79 Å². The number of rotatable bonds is 3. The highest BCUT2D eigenvalue weighted by Gasteiger charge is 2.23. The van der Waals surface area contributed by atoms with Gasteiger partial charge in [0.2, 0.25) is 12.1 Å². The van der Waals surface area contributed by atoms with Gasteiger partial charge < -0.3 is 10.2 Å². The predicted molar refractivity (Wildman–Crippen MR) is 60.4 cm³/mol. The van der Waals surface area contributed by atoms with E-state index in [4.69, 9.17) is 5.26 Å². The Balaban J connectivity index is 2.38. The number of amidine groups is 1. The summed E-state index contributed by atoms with van der Waals surface area (Å²) < 4.78 is 0. The molecule has 0 aromatic heterocycles. The van der Waals surface area contributed by atoms with E-state index in [1.165, 1.54) is 11.8 Å². The molecule has 0 unspecified atom stereocenters. The maximum atomic E-state index is 11.4. The van der Waals surface area contributed by atoms with E-state index >= 15 is 0 Å². The van der Waals surface area contributed by atoms with E-state index in [0.717, 1.165) is 12.8 Å². The summed E-state index contributed by atoms with van der Waals surface area (Å²) in [6.45, 7) is 0.248. The Morgan fingerprint density at radius 2 is 2.40 bits per heavy atom. The van der Waals surface area contributed by atoms with Crippen molar-refractivity contribution in [1.29, 1.82) is 5.26 Å². The lowest BCUT2D eigenvalue weighted by atomic mass is 10.5. The van der Waals surface area contributed by atoms with Gasteiger partial charge in [-0.15, -0.1) is 4.99 Å². The van der Waals surface area contributed by atoms with Gasteiger partial charge in [-0.05, 0) is 19.1 Å². The van der Waals surface area contributed by atoms with Crippen LogP contribution in [-0.2, 0) is 4.79 Å². The molecule has 0 atom stereocenters. The number of amides is 1. The number of aliphatic imine (C=N–C) groups is 1. The SMILES string of the molecule is CSC(=NC#N)N(C)CC(=O)NC1CC1. The molecule has 1 amide bonds. The van der Waals surface area contributed by atoms with Gasteiger partial charge in [-0.3, -0.25) is 4.79 Å². The number of nitrogens with zero attached hydrogens (tertiary/aromatic N) is 3. The zero-order valence-corrected chi connectivity index (χ0v) is 9.67. The average molecular weight is 226 g/mol. The van der Waals surface area contributed by atoms with Crippen molar-refractivity contribution in [3.63, 3.8) is 0 Å². The molecule has 15 heavy (non-hydrogen) atoms. The lowest BCUT2D eigenvalue weighted by molar-refractivity contribution is -0.121. The molecule has 0 heterocycles. The molecule has 1 rings (SSSR count). The molecule has 1 saturated carbocycles. The fourth-order valence-electron chi connectivity index (χ4n) is 1.11. The Morgan fingerprint density at radius 1 is 1.73 bits per heavy atom. The standard InChI is InChI=1S/C9H14N4OS/c1-13(9(15-2)11-6-10)5-8(14)12-7-3-4-7/h7H,3-5H2,1-2H3,(H,12,14). The van der Waals surface area contributed by atoms with E-state index in [1.54, 1.807) is 18.1 Å². The van der Waals surface area contributed by atoms with Crippen LogP contribution in [0.1, 0.15) is 12.8 Å². The van der Waals surface area contributed by atoms with Crippen molar-refractivity contribution in [2.45, 2.75) is 18.9 Å². The lowest BCUT2D eigenvalue weighted by Crippen LogP contribution is -2.38. The highest BCUT2D eigenvalue weighted by atomic mass is 32.2. The van der Waals surface area contributed by atoms with Crippen LogP contribution < -0.4 is 5.32 Å². The summed E-state index contributed by atoms with van der Waals surface area (Å²) in [6, 6.07) is 0.372.